The van der Waals surface area contributed by atoms with Gasteiger partial charge < -0.3 is 34.5 Å². The van der Waals surface area contributed by atoms with Gasteiger partial charge in [-0.3, -0.25) is 15.1 Å². The number of nitrogens with two attached hydrogens (primary N) is 1. The molecule has 130 valence electrons. The van der Waals surface area contributed by atoms with Crippen LogP contribution in [-0.4, -0.2) is 81.6 Å². The van der Waals surface area contributed by atoms with Crippen molar-refractivity contribution < 1.29 is 34.3 Å². The fourth-order valence-corrected chi connectivity index (χ4v) is 1.89. The van der Waals surface area contributed by atoms with Crippen LogP contribution >= 0.6 is 8.53 Å². The number of hydrogen-bond donors (Lipinski definition) is 5. The van der Waals surface area contributed by atoms with E-state index >= 15 is 0 Å². The van der Waals surface area contributed by atoms with Crippen LogP contribution in [0.25, 0.3) is 0 Å². The van der Waals surface area contributed by atoms with Crippen LogP contribution in [0.3, 0.4) is 0 Å². The molecule has 1 atom stereocenters. The van der Waals surface area contributed by atoms with E-state index in [-0.39, 0.29) is 26.3 Å². The van der Waals surface area contributed by atoms with E-state index in [1.54, 1.807) is 0 Å². The Kier molecular flexibility index (Phi) is 12.2. The average Bonchev–Trinajstić information content (AvgIpc) is 2.47. The summed E-state index contributed by atoms with van der Waals surface area (Å²) >= 11 is 0. The molecular formula is C11H24N3O7P. The summed E-state index contributed by atoms with van der Waals surface area (Å²) < 4.78 is 4.74. The second kappa shape index (κ2) is 12.7. The zero-order valence-corrected chi connectivity index (χ0v) is 13.2. The molecule has 0 spiro atoms. The second-order valence-corrected chi connectivity index (χ2v) is 5.20. The average molecular weight is 341 g/mol. The van der Waals surface area contributed by atoms with Gasteiger partial charge in [0.2, 0.25) is 20.3 Å². The van der Waals surface area contributed by atoms with E-state index in [1.807, 2.05) is 0 Å². The van der Waals surface area contributed by atoms with E-state index in [1.165, 1.54) is 0 Å². The van der Waals surface area contributed by atoms with Crippen molar-refractivity contribution in [1.29, 1.82) is 0 Å². The highest BCUT2D eigenvalue weighted by molar-refractivity contribution is 7.43. The van der Waals surface area contributed by atoms with E-state index in [0.29, 0.717) is 12.8 Å². The number of aliphatic hydroxyl groups is 3. The Balaban J connectivity index is 4.24. The monoisotopic (exact) mass is 341 g/mol. The molecule has 0 rings (SSSR count). The minimum atomic E-state index is -1.96. The lowest BCUT2D eigenvalue weighted by Gasteiger charge is -2.23. The predicted molar refractivity (Wildman–Crippen MR) is 77.8 cm³/mol. The van der Waals surface area contributed by atoms with Crippen LogP contribution in [0, 0.1) is 0 Å². The maximum atomic E-state index is 11.9. The molecule has 10 nitrogen and oxygen atoms in total. The van der Waals surface area contributed by atoms with Crippen LogP contribution in [-0.2, 0) is 14.1 Å². The summed E-state index contributed by atoms with van der Waals surface area (Å²) in [7, 11) is -1.96. The highest BCUT2D eigenvalue weighted by Gasteiger charge is 2.20. The van der Waals surface area contributed by atoms with Gasteiger partial charge in [0.15, 0.2) is 0 Å². The Labute approximate surface area is 130 Å². The first-order chi connectivity index (χ1) is 10.5. The summed E-state index contributed by atoms with van der Waals surface area (Å²) in [5.41, 5.74) is 5.03. The van der Waals surface area contributed by atoms with Gasteiger partial charge in [-0.1, -0.05) is 0 Å². The van der Waals surface area contributed by atoms with Crippen molar-refractivity contribution in [3.8, 4) is 0 Å². The van der Waals surface area contributed by atoms with Crippen molar-refractivity contribution in [2.24, 2.45) is 5.50 Å². The van der Waals surface area contributed by atoms with Crippen molar-refractivity contribution in [2.45, 2.75) is 19.3 Å². The Hall–Kier alpha value is -0.870. The van der Waals surface area contributed by atoms with E-state index < -0.39 is 40.2 Å². The fourth-order valence-electron chi connectivity index (χ4n) is 1.58. The third-order valence-corrected chi connectivity index (χ3v) is 3.18. The van der Waals surface area contributed by atoms with Gasteiger partial charge >= 0.3 is 0 Å². The third-order valence-electron chi connectivity index (χ3n) is 2.73. The summed E-state index contributed by atoms with van der Waals surface area (Å²) in [5.74, 6) is -1.18. The van der Waals surface area contributed by atoms with Gasteiger partial charge in [-0.2, -0.15) is 0 Å². The number of amides is 2. The topological polar surface area (TPSA) is 157 Å². The molecule has 0 aliphatic heterocycles. The molecule has 0 fully saturated rings. The Bertz CT molecular complexity index is 333. The van der Waals surface area contributed by atoms with Crippen LogP contribution in [0.4, 0.5) is 0 Å². The zero-order chi connectivity index (χ0) is 17.0. The van der Waals surface area contributed by atoms with Gasteiger partial charge in [0.25, 0.3) is 0 Å². The van der Waals surface area contributed by atoms with Crippen LogP contribution in [0.1, 0.15) is 19.3 Å². The lowest BCUT2D eigenvalue weighted by molar-refractivity contribution is -0.144. The molecule has 0 heterocycles. The van der Waals surface area contributed by atoms with E-state index in [0.717, 1.165) is 9.80 Å². The molecule has 0 aromatic carbocycles. The minimum absolute atomic E-state index is 0.121. The molecule has 0 saturated carbocycles. The van der Waals surface area contributed by atoms with E-state index in [9.17, 15) is 9.59 Å². The van der Waals surface area contributed by atoms with Crippen molar-refractivity contribution in [3.05, 3.63) is 0 Å². The molecule has 0 radical (unpaired) electrons. The highest BCUT2D eigenvalue weighted by Crippen LogP contribution is 2.19. The summed E-state index contributed by atoms with van der Waals surface area (Å²) in [6.07, 6.45) is 0.146. The molecular weight excluding hydrogens is 317 g/mol. The van der Waals surface area contributed by atoms with Crippen LogP contribution < -0.4 is 5.50 Å². The Morgan fingerprint density at radius 1 is 1.00 bits per heavy atom. The minimum Gasteiger partial charge on any atom is -0.396 e. The molecule has 11 heteroatoms. The largest absolute Gasteiger partial charge is 0.396 e. The molecule has 0 aromatic heterocycles. The Morgan fingerprint density at radius 2 is 1.50 bits per heavy atom. The molecule has 2 amide bonds. The molecule has 0 aromatic rings. The van der Waals surface area contributed by atoms with Crippen molar-refractivity contribution in [2.75, 3.05) is 39.8 Å². The van der Waals surface area contributed by atoms with Crippen molar-refractivity contribution >= 4 is 20.3 Å². The molecule has 1 unspecified atom stereocenters. The summed E-state index contributed by atoms with van der Waals surface area (Å²) in [6.45, 7) is -0.830. The maximum Gasteiger partial charge on any atom is 0.250 e. The van der Waals surface area contributed by atoms with E-state index in [2.05, 4.69) is 0 Å². The van der Waals surface area contributed by atoms with Gasteiger partial charge in [-0.05, 0) is 12.8 Å². The number of hydrogen-bond acceptors (Lipinski definition) is 8. The van der Waals surface area contributed by atoms with Crippen molar-refractivity contribution in [3.63, 3.8) is 0 Å². The van der Waals surface area contributed by atoms with Crippen molar-refractivity contribution in [1.82, 2.24) is 9.80 Å². The zero-order valence-electron chi connectivity index (χ0n) is 12.3. The number of carbonyl (C=O) groups is 2. The standard InChI is InChI=1S/C11H24N3O7P/c12-22(20)21-6-2-4-14(9-17)11(19)7-10(18)13(8-16)3-1-5-15/h15-17,20H,1-9,12H2. The summed E-state index contributed by atoms with van der Waals surface area (Å²) in [4.78, 5) is 34.6. The van der Waals surface area contributed by atoms with Gasteiger partial charge in [-0.25, -0.2) is 0 Å². The quantitative estimate of drug-likeness (QED) is 0.117. The third kappa shape index (κ3) is 9.21. The van der Waals surface area contributed by atoms with Gasteiger partial charge in [0.05, 0.1) is 6.61 Å². The first-order valence-electron chi connectivity index (χ1n) is 6.71. The molecule has 6 N–H and O–H groups in total. The van der Waals surface area contributed by atoms with Crippen LogP contribution in [0.5, 0.6) is 0 Å². The normalized spacial score (nSPS) is 12.0. The molecule has 0 saturated heterocycles. The van der Waals surface area contributed by atoms with Crippen LogP contribution in [0.15, 0.2) is 0 Å². The number of carbonyl (C=O) groups excluding carboxylic acids is 2. The maximum absolute atomic E-state index is 11.9. The number of rotatable bonds is 12. The lowest BCUT2D eigenvalue weighted by Crippen LogP contribution is -2.40. The summed E-state index contributed by atoms with van der Waals surface area (Å²) in [5, 5.41) is 26.9. The van der Waals surface area contributed by atoms with E-state index in [4.69, 9.17) is 30.2 Å². The molecule has 0 aliphatic rings. The van der Waals surface area contributed by atoms with Gasteiger partial charge in [0.1, 0.15) is 19.9 Å². The number of nitrogens with zero attached hydrogens (tertiary/aromatic N) is 2. The van der Waals surface area contributed by atoms with Gasteiger partial charge in [-0.15, -0.1) is 0 Å². The lowest BCUT2D eigenvalue weighted by atomic mass is 10.3. The number of aliphatic hydroxyl groups excluding tert-OH is 3. The smallest absolute Gasteiger partial charge is 0.250 e. The molecule has 0 aliphatic carbocycles. The Morgan fingerprint density at radius 3 is 1.91 bits per heavy atom. The highest BCUT2D eigenvalue weighted by atomic mass is 31.2. The molecule has 22 heavy (non-hydrogen) atoms. The van der Waals surface area contributed by atoms with Gasteiger partial charge in [0, 0.05) is 19.7 Å². The molecule has 0 bridgehead atoms. The SMILES string of the molecule is NP(O)OCCCN(CO)C(=O)CC(=O)N(CO)CCCO. The first-order valence-corrected chi connectivity index (χ1v) is 7.99. The van der Waals surface area contributed by atoms with Crippen LogP contribution in [0.2, 0.25) is 0 Å². The fraction of sp³-hybridized carbons (Fsp3) is 0.818. The predicted octanol–water partition coefficient (Wildman–Crippen LogP) is -2.10. The second-order valence-electron chi connectivity index (χ2n) is 4.34. The first kappa shape index (κ1) is 21.1. The summed E-state index contributed by atoms with van der Waals surface area (Å²) in [6, 6.07) is 0.